The van der Waals surface area contributed by atoms with Crippen LogP contribution in [-0.4, -0.2) is 42.0 Å². The lowest BCUT2D eigenvalue weighted by molar-refractivity contribution is -0.170. The highest BCUT2D eigenvalue weighted by Crippen LogP contribution is 2.39. The third kappa shape index (κ3) is 4.59. The van der Waals surface area contributed by atoms with Gasteiger partial charge < -0.3 is 20.7 Å². The molecule has 1 heterocycles. The lowest BCUT2D eigenvalue weighted by Gasteiger charge is -2.48. The van der Waals surface area contributed by atoms with Crippen LogP contribution in [0.2, 0.25) is 0 Å². The summed E-state index contributed by atoms with van der Waals surface area (Å²) in [5, 5.41) is 2.73. The molecule has 3 N–H and O–H groups in total. The first-order chi connectivity index (χ1) is 12.7. The second kappa shape index (κ2) is 7.21. The predicted molar refractivity (Wildman–Crippen MR) is 99.9 cm³/mol. The number of alkyl carbamates (subject to hydrolysis) is 1. The standard InChI is InChI=1S/C20H27N3O4/c1-20(2,3)11-23-15(13-6-8-14(9-7-13)17(21)24)16(18(23)25)27-19(26)22-10-12-4-5-12/h6-9,12,15-16H,4-5,10-11H2,1-3H3,(H2,21,24)(H,22,26)/t15-,16+/m1/s1. The van der Waals surface area contributed by atoms with E-state index in [4.69, 9.17) is 10.5 Å². The van der Waals surface area contributed by atoms with Crippen LogP contribution in [0, 0.1) is 11.3 Å². The molecular formula is C20H27N3O4. The number of hydrogen-bond donors (Lipinski definition) is 2. The van der Waals surface area contributed by atoms with Gasteiger partial charge in [0.15, 0.2) is 0 Å². The summed E-state index contributed by atoms with van der Waals surface area (Å²) in [5.41, 5.74) is 6.40. The van der Waals surface area contributed by atoms with Crippen LogP contribution in [0.1, 0.15) is 55.6 Å². The van der Waals surface area contributed by atoms with Gasteiger partial charge in [-0.05, 0) is 41.9 Å². The summed E-state index contributed by atoms with van der Waals surface area (Å²) in [6.45, 7) is 7.26. The Morgan fingerprint density at radius 2 is 1.85 bits per heavy atom. The van der Waals surface area contributed by atoms with Crippen molar-refractivity contribution in [3.8, 4) is 0 Å². The van der Waals surface area contributed by atoms with Gasteiger partial charge in [-0.1, -0.05) is 32.9 Å². The molecule has 146 valence electrons. The molecule has 0 radical (unpaired) electrons. The highest BCUT2D eigenvalue weighted by Gasteiger charge is 2.51. The molecule has 1 saturated carbocycles. The van der Waals surface area contributed by atoms with E-state index in [1.807, 2.05) is 20.8 Å². The first-order valence-corrected chi connectivity index (χ1v) is 9.30. The van der Waals surface area contributed by atoms with Crippen LogP contribution in [0.3, 0.4) is 0 Å². The summed E-state index contributed by atoms with van der Waals surface area (Å²) in [5.74, 6) is -0.176. The first-order valence-electron chi connectivity index (χ1n) is 9.30. The number of amides is 3. The van der Waals surface area contributed by atoms with Crippen molar-refractivity contribution >= 4 is 17.9 Å². The average Bonchev–Trinajstić information content (AvgIpc) is 3.42. The SMILES string of the molecule is CC(C)(C)CN1C(=O)[C@@H](OC(=O)NCC2CC2)[C@H]1c1ccc(C(N)=O)cc1. The quantitative estimate of drug-likeness (QED) is 0.747. The zero-order valence-electron chi connectivity index (χ0n) is 16.0. The molecule has 2 atom stereocenters. The normalized spacial score (nSPS) is 22.2. The molecule has 0 spiro atoms. The van der Waals surface area contributed by atoms with E-state index in [1.165, 1.54) is 0 Å². The maximum absolute atomic E-state index is 12.6. The van der Waals surface area contributed by atoms with Crippen molar-refractivity contribution in [2.24, 2.45) is 17.1 Å². The Morgan fingerprint density at radius 3 is 2.37 bits per heavy atom. The van der Waals surface area contributed by atoms with E-state index in [9.17, 15) is 14.4 Å². The minimum Gasteiger partial charge on any atom is -0.433 e. The number of nitrogens with two attached hydrogens (primary N) is 1. The van der Waals surface area contributed by atoms with Crippen LogP contribution in [0.4, 0.5) is 4.79 Å². The Hall–Kier alpha value is -2.57. The number of nitrogens with zero attached hydrogens (tertiary/aromatic N) is 1. The number of β-lactam (4-membered cyclic amide) rings is 1. The van der Waals surface area contributed by atoms with Gasteiger partial charge in [0.05, 0.1) is 0 Å². The fourth-order valence-corrected chi connectivity index (χ4v) is 3.22. The van der Waals surface area contributed by atoms with E-state index in [0.29, 0.717) is 24.6 Å². The summed E-state index contributed by atoms with van der Waals surface area (Å²) in [4.78, 5) is 37.7. The summed E-state index contributed by atoms with van der Waals surface area (Å²) in [7, 11) is 0. The zero-order chi connectivity index (χ0) is 19.8. The summed E-state index contributed by atoms with van der Waals surface area (Å²) >= 11 is 0. The molecule has 3 rings (SSSR count). The summed E-state index contributed by atoms with van der Waals surface area (Å²) in [6.07, 6.45) is 0.827. The maximum atomic E-state index is 12.6. The fourth-order valence-electron chi connectivity index (χ4n) is 3.22. The highest BCUT2D eigenvalue weighted by atomic mass is 16.6. The van der Waals surface area contributed by atoms with E-state index in [2.05, 4.69) is 5.32 Å². The lowest BCUT2D eigenvalue weighted by atomic mass is 9.86. The molecule has 1 aliphatic heterocycles. The lowest BCUT2D eigenvalue weighted by Crippen LogP contribution is -2.62. The van der Waals surface area contributed by atoms with E-state index in [1.54, 1.807) is 29.2 Å². The minimum atomic E-state index is -0.856. The Bertz CT molecular complexity index is 735. The van der Waals surface area contributed by atoms with Crippen molar-refractivity contribution in [3.63, 3.8) is 0 Å². The van der Waals surface area contributed by atoms with Gasteiger partial charge in [0.25, 0.3) is 5.91 Å². The predicted octanol–water partition coefficient (Wildman–Crippen LogP) is 2.22. The number of carbonyl (C=O) groups is 3. The van der Waals surface area contributed by atoms with Gasteiger partial charge in [0.2, 0.25) is 12.0 Å². The number of nitrogens with one attached hydrogen (secondary N) is 1. The maximum Gasteiger partial charge on any atom is 0.408 e. The van der Waals surface area contributed by atoms with Crippen LogP contribution < -0.4 is 11.1 Å². The van der Waals surface area contributed by atoms with E-state index < -0.39 is 18.1 Å². The summed E-state index contributed by atoms with van der Waals surface area (Å²) < 4.78 is 5.43. The van der Waals surface area contributed by atoms with E-state index >= 15 is 0 Å². The second-order valence-corrected chi connectivity index (χ2v) is 8.61. The topological polar surface area (TPSA) is 102 Å². The molecule has 1 aliphatic carbocycles. The molecule has 3 amide bonds. The number of likely N-dealkylation sites (tertiary alicyclic amines) is 1. The molecule has 1 aromatic rings. The molecule has 7 nitrogen and oxygen atoms in total. The molecule has 0 unspecified atom stereocenters. The van der Waals surface area contributed by atoms with Gasteiger partial charge in [0.1, 0.15) is 6.04 Å². The number of ether oxygens (including phenoxy) is 1. The number of hydrogen-bond acceptors (Lipinski definition) is 4. The average molecular weight is 373 g/mol. The molecule has 2 aliphatic rings. The Morgan fingerprint density at radius 1 is 1.22 bits per heavy atom. The smallest absolute Gasteiger partial charge is 0.408 e. The molecule has 7 heteroatoms. The molecule has 27 heavy (non-hydrogen) atoms. The number of primary amides is 1. The summed E-state index contributed by atoms with van der Waals surface area (Å²) in [6, 6.07) is 6.39. The monoisotopic (exact) mass is 373 g/mol. The van der Waals surface area contributed by atoms with Crippen LogP contribution in [0.15, 0.2) is 24.3 Å². The molecular weight excluding hydrogens is 346 g/mol. The largest absolute Gasteiger partial charge is 0.433 e. The van der Waals surface area contributed by atoms with Gasteiger partial charge >= 0.3 is 6.09 Å². The highest BCUT2D eigenvalue weighted by molar-refractivity contribution is 5.93. The van der Waals surface area contributed by atoms with Crippen molar-refractivity contribution < 1.29 is 19.1 Å². The van der Waals surface area contributed by atoms with Crippen LogP contribution >= 0.6 is 0 Å². The molecule has 2 fully saturated rings. The third-order valence-electron chi connectivity index (χ3n) is 4.80. The van der Waals surface area contributed by atoms with Crippen LogP contribution in [0.25, 0.3) is 0 Å². The second-order valence-electron chi connectivity index (χ2n) is 8.61. The molecule has 0 bridgehead atoms. The van der Waals surface area contributed by atoms with E-state index in [0.717, 1.165) is 18.4 Å². The van der Waals surface area contributed by atoms with Crippen molar-refractivity contribution in [1.29, 1.82) is 0 Å². The van der Waals surface area contributed by atoms with Crippen molar-refractivity contribution in [2.75, 3.05) is 13.1 Å². The fraction of sp³-hybridized carbons (Fsp3) is 0.550. The van der Waals surface area contributed by atoms with Crippen molar-refractivity contribution in [3.05, 3.63) is 35.4 Å². The van der Waals surface area contributed by atoms with Crippen molar-refractivity contribution in [1.82, 2.24) is 10.2 Å². The van der Waals surface area contributed by atoms with Gasteiger partial charge in [-0.2, -0.15) is 0 Å². The van der Waals surface area contributed by atoms with Gasteiger partial charge in [0, 0.05) is 18.7 Å². The van der Waals surface area contributed by atoms with Gasteiger partial charge in [-0.15, -0.1) is 0 Å². The molecule has 1 aromatic carbocycles. The van der Waals surface area contributed by atoms with E-state index in [-0.39, 0.29) is 17.4 Å². The zero-order valence-corrected chi connectivity index (χ0v) is 16.0. The van der Waals surface area contributed by atoms with Crippen LogP contribution in [-0.2, 0) is 9.53 Å². The minimum absolute atomic E-state index is 0.0969. The number of rotatable bonds is 6. The van der Waals surface area contributed by atoms with Crippen LogP contribution in [0.5, 0.6) is 0 Å². The number of carbonyl (C=O) groups excluding carboxylic acids is 3. The molecule has 0 aromatic heterocycles. The Kier molecular flexibility index (Phi) is 5.13. The Labute approximate surface area is 159 Å². The van der Waals surface area contributed by atoms with Gasteiger partial charge in [-0.25, -0.2) is 4.79 Å². The number of benzene rings is 1. The molecule has 1 saturated heterocycles. The van der Waals surface area contributed by atoms with Gasteiger partial charge in [-0.3, -0.25) is 9.59 Å². The first kappa shape index (κ1) is 19.2. The third-order valence-corrected chi connectivity index (χ3v) is 4.80. The Balaban J connectivity index is 1.75. The van der Waals surface area contributed by atoms with Crippen molar-refractivity contribution in [2.45, 2.75) is 45.8 Å².